The molecule has 1 aromatic carbocycles. The highest BCUT2D eigenvalue weighted by atomic mass is 19.1. The van der Waals surface area contributed by atoms with Crippen LogP contribution in [0, 0.1) is 5.82 Å². The lowest BCUT2D eigenvalue weighted by Gasteiger charge is -2.22. The van der Waals surface area contributed by atoms with E-state index in [1.165, 1.54) is 12.1 Å². The van der Waals surface area contributed by atoms with Crippen molar-refractivity contribution in [2.24, 2.45) is 0 Å². The summed E-state index contributed by atoms with van der Waals surface area (Å²) in [6, 6.07) is 8.09. The molecule has 8 heteroatoms. The topological polar surface area (TPSA) is 79.4 Å². The number of anilines is 3. The lowest BCUT2D eigenvalue weighted by atomic mass is 10.2. The van der Waals surface area contributed by atoms with Gasteiger partial charge in [0.25, 0.3) is 0 Å². The van der Waals surface area contributed by atoms with Gasteiger partial charge in [-0.3, -0.25) is 0 Å². The third kappa shape index (κ3) is 6.30. The van der Waals surface area contributed by atoms with Gasteiger partial charge >= 0.3 is 6.09 Å². The number of carbonyl (C=O) groups excluding carboxylic acids is 1. The van der Waals surface area contributed by atoms with Gasteiger partial charge in [0.2, 0.25) is 5.95 Å². The molecule has 3 rings (SSSR count). The van der Waals surface area contributed by atoms with E-state index in [1.54, 1.807) is 12.1 Å². The number of nitrogens with zero attached hydrogens (tertiary/aromatic N) is 3. The Bertz CT molecular complexity index is 867. The van der Waals surface area contributed by atoms with E-state index in [1.807, 2.05) is 26.8 Å². The zero-order valence-corrected chi connectivity index (χ0v) is 18.0. The van der Waals surface area contributed by atoms with E-state index in [4.69, 9.17) is 4.74 Å². The van der Waals surface area contributed by atoms with Gasteiger partial charge in [-0.2, -0.15) is 4.98 Å². The maximum Gasteiger partial charge on any atom is 0.407 e. The van der Waals surface area contributed by atoms with Crippen molar-refractivity contribution in [2.75, 3.05) is 23.3 Å². The summed E-state index contributed by atoms with van der Waals surface area (Å²) < 4.78 is 18.5. The Balaban J connectivity index is 1.71. The molecule has 0 bridgehead atoms. The summed E-state index contributed by atoms with van der Waals surface area (Å²) in [5.74, 6) is 1.00. The number of nitrogens with one attached hydrogen (secondary N) is 2. The highest BCUT2D eigenvalue weighted by Gasteiger charge is 2.27. The average molecular weight is 416 g/mol. The lowest BCUT2D eigenvalue weighted by Crippen LogP contribution is -2.40. The molecule has 2 aromatic rings. The number of hydrogen-bond acceptors (Lipinski definition) is 6. The van der Waals surface area contributed by atoms with Crippen LogP contribution in [-0.4, -0.2) is 40.8 Å². The number of halogens is 1. The number of rotatable bonds is 6. The molecule has 1 saturated heterocycles. The van der Waals surface area contributed by atoms with Crippen molar-refractivity contribution in [2.45, 2.75) is 58.6 Å². The van der Waals surface area contributed by atoms with Crippen LogP contribution < -0.4 is 15.5 Å². The molecule has 0 aliphatic carbocycles. The van der Waals surface area contributed by atoms with Gasteiger partial charge in [-0.1, -0.05) is 13.3 Å². The third-order valence-electron chi connectivity index (χ3n) is 4.61. The predicted octanol–water partition coefficient (Wildman–Crippen LogP) is 4.42. The van der Waals surface area contributed by atoms with Crippen LogP contribution in [0.5, 0.6) is 0 Å². The summed E-state index contributed by atoms with van der Waals surface area (Å²) in [6.45, 7) is 9.07. The van der Waals surface area contributed by atoms with E-state index >= 15 is 0 Å². The van der Waals surface area contributed by atoms with Gasteiger partial charge in [-0.05, 0) is 57.9 Å². The van der Waals surface area contributed by atoms with Crippen LogP contribution in [-0.2, 0) is 11.2 Å². The van der Waals surface area contributed by atoms with E-state index in [2.05, 4.69) is 32.4 Å². The minimum absolute atomic E-state index is 0.00190. The molecule has 0 saturated carbocycles. The first-order valence-electron chi connectivity index (χ1n) is 10.4. The van der Waals surface area contributed by atoms with Gasteiger partial charge < -0.3 is 20.3 Å². The van der Waals surface area contributed by atoms with Crippen LogP contribution in [0.1, 0.15) is 46.2 Å². The zero-order chi connectivity index (χ0) is 21.7. The Morgan fingerprint density at radius 3 is 2.67 bits per heavy atom. The number of benzene rings is 1. The molecule has 1 fully saturated rings. The Morgan fingerprint density at radius 2 is 2.00 bits per heavy atom. The molecule has 2 N–H and O–H groups in total. The largest absolute Gasteiger partial charge is 0.444 e. The van der Waals surface area contributed by atoms with Gasteiger partial charge in [0.05, 0.1) is 6.04 Å². The summed E-state index contributed by atoms with van der Waals surface area (Å²) in [6.07, 6.45) is 2.21. The molecule has 1 aliphatic heterocycles. The summed E-state index contributed by atoms with van der Waals surface area (Å²) in [5, 5.41) is 6.09. The second kappa shape index (κ2) is 9.28. The summed E-state index contributed by atoms with van der Waals surface area (Å²) in [4.78, 5) is 23.4. The predicted molar refractivity (Wildman–Crippen MR) is 116 cm³/mol. The SMILES string of the molecule is CCCc1cc(N2CCC(NC(=O)OC(C)(C)C)C2)nc(Nc2ccc(F)cc2)n1. The molecule has 0 spiro atoms. The first-order chi connectivity index (χ1) is 14.2. The fourth-order valence-electron chi connectivity index (χ4n) is 3.31. The minimum Gasteiger partial charge on any atom is -0.444 e. The summed E-state index contributed by atoms with van der Waals surface area (Å²) in [5.41, 5.74) is 1.14. The molecule has 1 amide bonds. The van der Waals surface area contributed by atoms with E-state index in [0.717, 1.165) is 43.0 Å². The molecule has 1 aromatic heterocycles. The quantitative estimate of drug-likeness (QED) is 0.727. The normalized spacial score (nSPS) is 16.4. The van der Waals surface area contributed by atoms with Crippen molar-refractivity contribution in [1.82, 2.24) is 15.3 Å². The van der Waals surface area contributed by atoms with E-state index in [0.29, 0.717) is 12.5 Å². The van der Waals surface area contributed by atoms with Gasteiger partial charge in [-0.15, -0.1) is 0 Å². The highest BCUT2D eigenvalue weighted by molar-refractivity contribution is 5.68. The maximum atomic E-state index is 13.2. The molecule has 1 unspecified atom stereocenters. The molecule has 0 radical (unpaired) electrons. The fraction of sp³-hybridized carbons (Fsp3) is 0.500. The lowest BCUT2D eigenvalue weighted by molar-refractivity contribution is 0.0509. The van der Waals surface area contributed by atoms with Crippen molar-refractivity contribution >= 4 is 23.5 Å². The molecular formula is C22H30FN5O2. The monoisotopic (exact) mass is 415 g/mol. The molecular weight excluding hydrogens is 385 g/mol. The Labute approximate surface area is 177 Å². The van der Waals surface area contributed by atoms with Crippen molar-refractivity contribution < 1.29 is 13.9 Å². The standard InChI is InChI=1S/C22H30FN5O2/c1-5-6-17-13-19(27-20(25-17)24-16-9-7-15(23)8-10-16)28-12-11-18(14-28)26-21(29)30-22(2,3)4/h7-10,13,18H,5-6,11-12,14H2,1-4H3,(H,26,29)(H,24,25,27). The van der Waals surface area contributed by atoms with E-state index < -0.39 is 11.7 Å². The smallest absolute Gasteiger partial charge is 0.407 e. The van der Waals surface area contributed by atoms with Crippen molar-refractivity contribution in [3.8, 4) is 0 Å². The van der Waals surface area contributed by atoms with Gasteiger partial charge in [0, 0.05) is 30.5 Å². The first kappa shape index (κ1) is 21.8. The Morgan fingerprint density at radius 1 is 1.27 bits per heavy atom. The van der Waals surface area contributed by atoms with Crippen molar-refractivity contribution in [3.63, 3.8) is 0 Å². The zero-order valence-electron chi connectivity index (χ0n) is 18.0. The molecule has 162 valence electrons. The van der Waals surface area contributed by atoms with Gasteiger partial charge in [0.1, 0.15) is 17.2 Å². The van der Waals surface area contributed by atoms with Crippen molar-refractivity contribution in [3.05, 3.63) is 41.8 Å². The van der Waals surface area contributed by atoms with Crippen LogP contribution >= 0.6 is 0 Å². The van der Waals surface area contributed by atoms with Crippen LogP contribution in [0.15, 0.2) is 30.3 Å². The van der Waals surface area contributed by atoms with Crippen LogP contribution in [0.3, 0.4) is 0 Å². The van der Waals surface area contributed by atoms with E-state index in [-0.39, 0.29) is 11.9 Å². The van der Waals surface area contributed by atoms with Gasteiger partial charge in [-0.25, -0.2) is 14.2 Å². The molecule has 1 aliphatic rings. The van der Waals surface area contributed by atoms with Crippen LogP contribution in [0.25, 0.3) is 0 Å². The van der Waals surface area contributed by atoms with Crippen LogP contribution in [0.4, 0.5) is 26.6 Å². The number of aryl methyl sites for hydroxylation is 1. The van der Waals surface area contributed by atoms with Gasteiger partial charge in [0.15, 0.2) is 0 Å². The molecule has 7 nitrogen and oxygen atoms in total. The number of aromatic nitrogens is 2. The molecule has 2 heterocycles. The second-order valence-corrected chi connectivity index (χ2v) is 8.50. The molecule has 1 atom stereocenters. The number of alkyl carbamates (subject to hydrolysis) is 1. The number of hydrogen-bond donors (Lipinski definition) is 2. The summed E-state index contributed by atoms with van der Waals surface area (Å²) in [7, 11) is 0. The number of ether oxygens (including phenoxy) is 1. The fourth-order valence-corrected chi connectivity index (χ4v) is 3.31. The maximum absolute atomic E-state index is 13.2. The Hall–Kier alpha value is -2.90. The molecule has 30 heavy (non-hydrogen) atoms. The number of amides is 1. The van der Waals surface area contributed by atoms with Crippen LogP contribution in [0.2, 0.25) is 0 Å². The Kier molecular flexibility index (Phi) is 6.74. The highest BCUT2D eigenvalue weighted by Crippen LogP contribution is 2.23. The minimum atomic E-state index is -0.523. The average Bonchev–Trinajstić information content (AvgIpc) is 3.10. The van der Waals surface area contributed by atoms with Crippen molar-refractivity contribution in [1.29, 1.82) is 0 Å². The third-order valence-corrected chi connectivity index (χ3v) is 4.61. The second-order valence-electron chi connectivity index (χ2n) is 8.50. The summed E-state index contributed by atoms with van der Waals surface area (Å²) >= 11 is 0. The van der Waals surface area contributed by atoms with E-state index in [9.17, 15) is 9.18 Å². The first-order valence-corrected chi connectivity index (χ1v) is 10.4. The number of carbonyl (C=O) groups is 1.